The third-order valence-electron chi connectivity index (χ3n) is 2.34. The maximum Gasteiger partial charge on any atom is 0.408 e. The number of ether oxygens (including phenoxy) is 2. The monoisotopic (exact) mass is 316 g/mol. The van der Waals surface area contributed by atoms with Crippen molar-refractivity contribution in [1.29, 1.82) is 0 Å². The molecule has 0 spiro atoms. The number of hydrogen-bond acceptors (Lipinski definition) is 6. The Bertz CT molecular complexity index is 441. The summed E-state index contributed by atoms with van der Waals surface area (Å²) in [7, 11) is 0. The predicted octanol–water partition coefficient (Wildman–Crippen LogP) is 0.536. The number of amides is 2. The van der Waals surface area contributed by atoms with E-state index in [-0.39, 0.29) is 6.61 Å². The van der Waals surface area contributed by atoms with E-state index in [2.05, 4.69) is 10.6 Å². The molecule has 0 heterocycles. The summed E-state index contributed by atoms with van der Waals surface area (Å²) in [6.07, 6.45) is -0.773. The summed E-state index contributed by atoms with van der Waals surface area (Å²) in [6.45, 7) is 9.29. The summed E-state index contributed by atoms with van der Waals surface area (Å²) in [5, 5.41) is 4.55. The van der Waals surface area contributed by atoms with E-state index in [4.69, 9.17) is 9.47 Å². The molecular formula is C14H24N2O6. The highest BCUT2D eigenvalue weighted by molar-refractivity contribution is 6.05. The van der Waals surface area contributed by atoms with Gasteiger partial charge in [0.25, 0.3) is 0 Å². The van der Waals surface area contributed by atoms with E-state index >= 15 is 0 Å². The number of Topliss-reactive ketones (excluding diaryl/α,β-unsaturated/α-hetero) is 1. The second-order valence-electron chi connectivity index (χ2n) is 5.67. The molecule has 0 aliphatic rings. The largest absolute Gasteiger partial charge is 0.464 e. The van der Waals surface area contributed by atoms with E-state index in [0.717, 1.165) is 6.92 Å². The molecule has 1 unspecified atom stereocenters. The quantitative estimate of drug-likeness (QED) is 0.546. The minimum Gasteiger partial charge on any atom is -0.464 e. The van der Waals surface area contributed by atoms with Crippen molar-refractivity contribution in [1.82, 2.24) is 10.6 Å². The fourth-order valence-electron chi connectivity index (χ4n) is 1.37. The molecule has 0 aromatic heterocycles. The predicted molar refractivity (Wildman–Crippen MR) is 78.1 cm³/mol. The van der Waals surface area contributed by atoms with Gasteiger partial charge in [0.1, 0.15) is 11.6 Å². The smallest absolute Gasteiger partial charge is 0.408 e. The average Bonchev–Trinajstić information content (AvgIpc) is 2.32. The first kappa shape index (κ1) is 19.9. The summed E-state index contributed by atoms with van der Waals surface area (Å²) in [4.78, 5) is 46.5. The van der Waals surface area contributed by atoms with E-state index in [0.29, 0.717) is 0 Å². The van der Waals surface area contributed by atoms with Gasteiger partial charge < -0.3 is 20.1 Å². The molecule has 0 aromatic rings. The first-order valence-corrected chi connectivity index (χ1v) is 6.95. The van der Waals surface area contributed by atoms with E-state index in [1.54, 1.807) is 27.7 Å². The van der Waals surface area contributed by atoms with Crippen LogP contribution in [0.15, 0.2) is 0 Å². The van der Waals surface area contributed by atoms with Crippen LogP contribution in [0.25, 0.3) is 0 Å². The SMILES string of the molecule is CCOC(=O)C(NC(=O)[C@H](C)NC(=O)OC(C)(C)C)C(C)=O. The van der Waals surface area contributed by atoms with Crippen LogP contribution in [0.1, 0.15) is 41.5 Å². The molecule has 0 radical (unpaired) electrons. The maximum absolute atomic E-state index is 11.9. The van der Waals surface area contributed by atoms with E-state index < -0.39 is 41.4 Å². The van der Waals surface area contributed by atoms with Crippen molar-refractivity contribution in [3.63, 3.8) is 0 Å². The molecule has 0 rings (SSSR count). The van der Waals surface area contributed by atoms with Gasteiger partial charge in [-0.15, -0.1) is 0 Å². The standard InChI is InChI=1S/C14H24N2O6/c1-7-21-12(19)10(9(3)17)16-11(18)8(2)15-13(20)22-14(4,5)6/h8,10H,7H2,1-6H3,(H,15,20)(H,16,18)/t8-,10?/m0/s1. The van der Waals surface area contributed by atoms with Crippen molar-refractivity contribution in [3.05, 3.63) is 0 Å². The van der Waals surface area contributed by atoms with Crippen LogP contribution in [0, 0.1) is 0 Å². The maximum atomic E-state index is 11.9. The van der Waals surface area contributed by atoms with E-state index in [1.807, 2.05) is 0 Å². The Morgan fingerprint density at radius 2 is 1.64 bits per heavy atom. The minimum absolute atomic E-state index is 0.0875. The third-order valence-corrected chi connectivity index (χ3v) is 2.34. The summed E-state index contributed by atoms with van der Waals surface area (Å²) in [6, 6.07) is -2.37. The van der Waals surface area contributed by atoms with Gasteiger partial charge in [0, 0.05) is 0 Å². The normalized spacial score (nSPS) is 13.5. The zero-order chi connectivity index (χ0) is 17.5. The molecule has 2 N–H and O–H groups in total. The number of alkyl carbamates (subject to hydrolysis) is 1. The zero-order valence-electron chi connectivity index (χ0n) is 13.8. The molecule has 22 heavy (non-hydrogen) atoms. The minimum atomic E-state index is -1.39. The average molecular weight is 316 g/mol. The van der Waals surface area contributed by atoms with Crippen LogP contribution in [0.4, 0.5) is 4.79 Å². The lowest BCUT2D eigenvalue weighted by Gasteiger charge is -2.22. The summed E-state index contributed by atoms with van der Waals surface area (Å²) < 4.78 is 9.71. The van der Waals surface area contributed by atoms with Crippen LogP contribution in [-0.4, -0.2) is 48.0 Å². The van der Waals surface area contributed by atoms with Gasteiger partial charge in [-0.05, 0) is 41.5 Å². The number of hydrogen-bond donors (Lipinski definition) is 2. The lowest BCUT2D eigenvalue weighted by atomic mass is 10.2. The molecular weight excluding hydrogens is 292 g/mol. The molecule has 2 amide bonds. The van der Waals surface area contributed by atoms with Gasteiger partial charge in [-0.25, -0.2) is 9.59 Å². The third kappa shape index (κ3) is 7.61. The molecule has 0 fully saturated rings. The van der Waals surface area contributed by atoms with Gasteiger partial charge in [-0.3, -0.25) is 9.59 Å². The summed E-state index contributed by atoms with van der Waals surface area (Å²) >= 11 is 0. The Morgan fingerprint density at radius 1 is 1.09 bits per heavy atom. The number of carbonyl (C=O) groups excluding carboxylic acids is 4. The molecule has 0 bridgehead atoms. The fraction of sp³-hybridized carbons (Fsp3) is 0.714. The van der Waals surface area contributed by atoms with Crippen molar-refractivity contribution in [2.75, 3.05) is 6.61 Å². The Hall–Kier alpha value is -2.12. The van der Waals surface area contributed by atoms with E-state index in [1.165, 1.54) is 6.92 Å². The zero-order valence-corrected chi connectivity index (χ0v) is 13.8. The van der Waals surface area contributed by atoms with Crippen LogP contribution < -0.4 is 10.6 Å². The first-order valence-electron chi connectivity index (χ1n) is 6.95. The summed E-state index contributed by atoms with van der Waals surface area (Å²) in [5.41, 5.74) is -0.701. The van der Waals surface area contributed by atoms with Crippen molar-refractivity contribution in [2.45, 2.75) is 59.2 Å². The lowest BCUT2D eigenvalue weighted by Crippen LogP contribution is -2.53. The van der Waals surface area contributed by atoms with Gasteiger partial charge in [0.15, 0.2) is 11.8 Å². The second-order valence-corrected chi connectivity index (χ2v) is 5.67. The summed E-state index contributed by atoms with van der Waals surface area (Å²) in [5.74, 6) is -2.09. The van der Waals surface area contributed by atoms with Crippen molar-refractivity contribution >= 4 is 23.8 Å². The Morgan fingerprint density at radius 3 is 2.05 bits per heavy atom. The highest BCUT2D eigenvalue weighted by Gasteiger charge is 2.29. The molecule has 8 nitrogen and oxygen atoms in total. The number of rotatable bonds is 6. The van der Waals surface area contributed by atoms with Crippen LogP contribution in [0.2, 0.25) is 0 Å². The van der Waals surface area contributed by atoms with Gasteiger partial charge in [0.2, 0.25) is 5.91 Å². The Balaban J connectivity index is 4.64. The topological polar surface area (TPSA) is 111 Å². The van der Waals surface area contributed by atoms with Crippen molar-refractivity contribution < 1.29 is 28.7 Å². The molecule has 0 aliphatic heterocycles. The van der Waals surface area contributed by atoms with Crippen molar-refractivity contribution in [3.8, 4) is 0 Å². The Kier molecular flexibility index (Phi) is 7.55. The second kappa shape index (κ2) is 8.35. The van der Waals surface area contributed by atoms with Gasteiger partial charge in [-0.2, -0.15) is 0 Å². The highest BCUT2D eigenvalue weighted by Crippen LogP contribution is 2.06. The number of nitrogens with one attached hydrogen (secondary N) is 2. The van der Waals surface area contributed by atoms with Crippen molar-refractivity contribution in [2.24, 2.45) is 0 Å². The van der Waals surface area contributed by atoms with Crippen LogP contribution in [0.3, 0.4) is 0 Å². The van der Waals surface area contributed by atoms with E-state index in [9.17, 15) is 19.2 Å². The molecule has 0 saturated heterocycles. The molecule has 126 valence electrons. The highest BCUT2D eigenvalue weighted by atomic mass is 16.6. The van der Waals surface area contributed by atoms with Crippen LogP contribution >= 0.6 is 0 Å². The number of ketones is 1. The number of carbonyl (C=O) groups is 4. The molecule has 0 aromatic carbocycles. The van der Waals surface area contributed by atoms with Gasteiger partial charge >= 0.3 is 12.1 Å². The van der Waals surface area contributed by atoms with Gasteiger partial charge in [-0.1, -0.05) is 0 Å². The van der Waals surface area contributed by atoms with Crippen LogP contribution in [0.5, 0.6) is 0 Å². The first-order chi connectivity index (χ1) is 9.97. The van der Waals surface area contributed by atoms with Crippen LogP contribution in [-0.2, 0) is 23.9 Å². The van der Waals surface area contributed by atoms with Gasteiger partial charge in [0.05, 0.1) is 6.61 Å². The molecule has 8 heteroatoms. The lowest BCUT2D eigenvalue weighted by molar-refractivity contribution is -0.150. The molecule has 2 atom stereocenters. The molecule has 0 aliphatic carbocycles. The fourth-order valence-corrected chi connectivity index (χ4v) is 1.37. The number of esters is 1. The molecule has 0 saturated carbocycles. The Labute approximate surface area is 129 Å².